The van der Waals surface area contributed by atoms with E-state index in [2.05, 4.69) is 10.2 Å². The fourth-order valence-electron chi connectivity index (χ4n) is 4.03. The van der Waals surface area contributed by atoms with Crippen LogP contribution in [0.2, 0.25) is 5.02 Å². The molecule has 1 aromatic rings. The van der Waals surface area contributed by atoms with Crippen LogP contribution in [0.4, 0.5) is 18.9 Å². The highest BCUT2D eigenvalue weighted by atomic mass is 35.5. The Morgan fingerprint density at radius 1 is 1.06 bits per heavy atom. The van der Waals surface area contributed by atoms with Gasteiger partial charge in [0, 0.05) is 38.4 Å². The second kappa shape index (κ2) is 10.2. The van der Waals surface area contributed by atoms with Crippen molar-refractivity contribution in [2.45, 2.75) is 38.4 Å². The normalized spacial score (nSPS) is 19.8. The summed E-state index contributed by atoms with van der Waals surface area (Å²) in [5, 5.41) is 2.16. The van der Waals surface area contributed by atoms with Gasteiger partial charge in [-0.15, -0.1) is 0 Å². The van der Waals surface area contributed by atoms with Crippen molar-refractivity contribution >= 4 is 29.1 Å². The number of nitrogens with one attached hydrogen (secondary N) is 1. The first-order valence-electron chi connectivity index (χ1n) is 10.6. The molecular formula is C21H28ClF3N4O2. The minimum Gasteiger partial charge on any atom is -0.342 e. The summed E-state index contributed by atoms with van der Waals surface area (Å²) in [6.45, 7) is 6.51. The Labute approximate surface area is 185 Å². The van der Waals surface area contributed by atoms with Crippen LogP contribution < -0.4 is 5.32 Å². The van der Waals surface area contributed by atoms with Crippen molar-refractivity contribution in [3.8, 4) is 0 Å². The molecule has 2 aliphatic rings. The molecule has 0 bridgehead atoms. The first-order valence-corrected chi connectivity index (χ1v) is 10.9. The van der Waals surface area contributed by atoms with Crippen LogP contribution in [0.1, 0.15) is 31.7 Å². The molecule has 2 amide bonds. The number of likely N-dealkylation sites (tertiary alicyclic amines) is 1. The highest BCUT2D eigenvalue weighted by Crippen LogP contribution is 2.36. The summed E-state index contributed by atoms with van der Waals surface area (Å²) >= 11 is 5.64. The highest BCUT2D eigenvalue weighted by molar-refractivity contribution is 6.31. The van der Waals surface area contributed by atoms with Crippen molar-refractivity contribution in [2.75, 3.05) is 51.1 Å². The van der Waals surface area contributed by atoms with Gasteiger partial charge < -0.3 is 10.2 Å². The van der Waals surface area contributed by atoms with Gasteiger partial charge in [0.05, 0.1) is 23.2 Å². The molecule has 1 aromatic carbocycles. The molecule has 2 saturated heterocycles. The smallest absolute Gasteiger partial charge is 0.342 e. The van der Waals surface area contributed by atoms with Crippen molar-refractivity contribution in [1.29, 1.82) is 0 Å². The Bertz CT molecular complexity index is 799. The molecule has 0 aliphatic carbocycles. The van der Waals surface area contributed by atoms with Crippen molar-refractivity contribution in [1.82, 2.24) is 14.7 Å². The monoisotopic (exact) mass is 460 g/mol. The number of halogens is 4. The van der Waals surface area contributed by atoms with Gasteiger partial charge >= 0.3 is 6.18 Å². The van der Waals surface area contributed by atoms with Gasteiger partial charge in [-0.2, -0.15) is 13.2 Å². The lowest BCUT2D eigenvalue weighted by atomic mass is 10.1. The SMILES string of the molecule is CC(C(=O)Nc1ccc(Cl)c(C(F)(F)F)c1)N1CCCN(CC(=O)N2CCCC2)CC1. The average Bonchev–Trinajstić information content (AvgIpc) is 3.15. The third-order valence-electron chi connectivity index (χ3n) is 5.91. The summed E-state index contributed by atoms with van der Waals surface area (Å²) < 4.78 is 39.1. The maximum atomic E-state index is 13.0. The van der Waals surface area contributed by atoms with Crippen LogP contribution in [0.15, 0.2) is 18.2 Å². The number of carbonyl (C=O) groups is 2. The van der Waals surface area contributed by atoms with E-state index in [0.29, 0.717) is 26.2 Å². The van der Waals surface area contributed by atoms with E-state index in [-0.39, 0.29) is 17.5 Å². The van der Waals surface area contributed by atoms with Gasteiger partial charge in [0.15, 0.2) is 0 Å². The molecule has 0 radical (unpaired) electrons. The lowest BCUT2D eigenvalue weighted by Gasteiger charge is -2.27. The molecule has 2 heterocycles. The molecular weight excluding hydrogens is 433 g/mol. The summed E-state index contributed by atoms with van der Waals surface area (Å²) in [5.41, 5.74) is -0.922. The molecule has 10 heteroatoms. The summed E-state index contributed by atoms with van der Waals surface area (Å²) in [6.07, 6.45) is -1.66. The summed E-state index contributed by atoms with van der Waals surface area (Å²) in [4.78, 5) is 31.1. The quantitative estimate of drug-likeness (QED) is 0.732. The van der Waals surface area contributed by atoms with Gasteiger partial charge in [-0.05, 0) is 50.9 Å². The van der Waals surface area contributed by atoms with Gasteiger partial charge in [0.25, 0.3) is 0 Å². The number of benzene rings is 1. The maximum Gasteiger partial charge on any atom is 0.417 e. The van der Waals surface area contributed by atoms with Crippen molar-refractivity contribution < 1.29 is 22.8 Å². The Hall–Kier alpha value is -1.84. The molecule has 0 aromatic heterocycles. The predicted octanol–water partition coefficient (Wildman–Crippen LogP) is 3.32. The van der Waals surface area contributed by atoms with Crippen LogP contribution in [0.3, 0.4) is 0 Å². The Balaban J connectivity index is 1.54. The Morgan fingerprint density at radius 3 is 2.45 bits per heavy atom. The number of amides is 2. The van der Waals surface area contributed by atoms with Gasteiger partial charge in [0.1, 0.15) is 0 Å². The number of carbonyl (C=O) groups excluding carboxylic acids is 2. The standard InChI is InChI=1S/C21H28ClF3N4O2/c1-15(20(31)26-16-5-6-18(22)17(13-16)21(23,24)25)28-10-4-7-27(11-12-28)14-19(30)29-8-2-3-9-29/h5-6,13,15H,2-4,7-12,14H2,1H3,(H,26,31). The summed E-state index contributed by atoms with van der Waals surface area (Å²) in [5.74, 6) is -0.225. The van der Waals surface area contributed by atoms with E-state index in [0.717, 1.165) is 51.0 Å². The number of hydrogen-bond acceptors (Lipinski definition) is 4. The maximum absolute atomic E-state index is 13.0. The third-order valence-corrected chi connectivity index (χ3v) is 6.24. The fourth-order valence-corrected chi connectivity index (χ4v) is 4.25. The van der Waals surface area contributed by atoms with Crippen LogP contribution in [0.25, 0.3) is 0 Å². The van der Waals surface area contributed by atoms with E-state index >= 15 is 0 Å². The van der Waals surface area contributed by atoms with E-state index in [1.54, 1.807) is 6.92 Å². The Kier molecular flexibility index (Phi) is 7.82. The number of hydrogen-bond donors (Lipinski definition) is 1. The first-order chi connectivity index (χ1) is 14.6. The summed E-state index contributed by atoms with van der Waals surface area (Å²) in [7, 11) is 0. The molecule has 172 valence electrons. The minimum absolute atomic E-state index is 0.0567. The minimum atomic E-state index is -4.59. The van der Waals surface area contributed by atoms with Crippen LogP contribution in [0, 0.1) is 0 Å². The van der Waals surface area contributed by atoms with E-state index in [1.165, 1.54) is 6.07 Å². The molecule has 1 N–H and O–H groups in total. The number of anilines is 1. The van der Waals surface area contributed by atoms with Crippen molar-refractivity contribution in [3.05, 3.63) is 28.8 Å². The zero-order valence-electron chi connectivity index (χ0n) is 17.6. The number of rotatable bonds is 5. The van der Waals surface area contributed by atoms with Crippen LogP contribution >= 0.6 is 11.6 Å². The van der Waals surface area contributed by atoms with Gasteiger partial charge in [-0.1, -0.05) is 11.6 Å². The van der Waals surface area contributed by atoms with Crippen molar-refractivity contribution in [3.63, 3.8) is 0 Å². The molecule has 2 fully saturated rings. The molecule has 31 heavy (non-hydrogen) atoms. The first kappa shape index (κ1) is 23.8. The fraction of sp³-hybridized carbons (Fsp3) is 0.619. The second-order valence-electron chi connectivity index (χ2n) is 8.11. The molecule has 1 unspecified atom stereocenters. The van der Waals surface area contributed by atoms with Crippen LogP contribution in [0.5, 0.6) is 0 Å². The number of alkyl halides is 3. The van der Waals surface area contributed by atoms with E-state index in [4.69, 9.17) is 11.6 Å². The lowest BCUT2D eigenvalue weighted by molar-refractivity contribution is -0.137. The zero-order valence-corrected chi connectivity index (χ0v) is 18.3. The topological polar surface area (TPSA) is 55.9 Å². The Morgan fingerprint density at radius 2 is 1.77 bits per heavy atom. The molecule has 2 aliphatic heterocycles. The lowest BCUT2D eigenvalue weighted by Crippen LogP contribution is -2.44. The highest BCUT2D eigenvalue weighted by Gasteiger charge is 2.34. The van der Waals surface area contributed by atoms with E-state index in [1.807, 2.05) is 9.80 Å². The third kappa shape index (κ3) is 6.33. The van der Waals surface area contributed by atoms with Crippen LogP contribution in [-0.2, 0) is 15.8 Å². The zero-order chi connectivity index (χ0) is 22.6. The van der Waals surface area contributed by atoms with Gasteiger partial charge in [-0.3, -0.25) is 19.4 Å². The van der Waals surface area contributed by atoms with E-state index < -0.39 is 22.8 Å². The second-order valence-corrected chi connectivity index (χ2v) is 8.52. The molecule has 3 rings (SSSR count). The van der Waals surface area contributed by atoms with E-state index in [9.17, 15) is 22.8 Å². The average molecular weight is 461 g/mol. The van der Waals surface area contributed by atoms with Gasteiger partial charge in [-0.25, -0.2) is 0 Å². The largest absolute Gasteiger partial charge is 0.417 e. The molecule has 0 saturated carbocycles. The van der Waals surface area contributed by atoms with Gasteiger partial charge in [0.2, 0.25) is 11.8 Å². The molecule has 6 nitrogen and oxygen atoms in total. The molecule has 0 spiro atoms. The summed E-state index contributed by atoms with van der Waals surface area (Å²) in [6, 6.07) is 2.82. The molecule has 1 atom stereocenters. The predicted molar refractivity (Wildman–Crippen MR) is 113 cm³/mol. The van der Waals surface area contributed by atoms with Crippen LogP contribution in [-0.4, -0.2) is 78.4 Å². The van der Waals surface area contributed by atoms with Crippen molar-refractivity contribution in [2.24, 2.45) is 0 Å². The number of nitrogens with zero attached hydrogens (tertiary/aromatic N) is 3.